The molecule has 1 heterocycles. The summed E-state index contributed by atoms with van der Waals surface area (Å²) in [5, 5.41) is 16.1. The normalized spacial score (nSPS) is 12.4. The highest BCUT2D eigenvalue weighted by Gasteiger charge is 2.13. The zero-order valence-electron chi connectivity index (χ0n) is 10.4. The first-order valence-corrected chi connectivity index (χ1v) is 6.57. The van der Waals surface area contributed by atoms with Crippen LogP contribution in [0.1, 0.15) is 25.6 Å². The molecule has 0 amide bonds. The van der Waals surface area contributed by atoms with Gasteiger partial charge in [-0.25, -0.2) is 0 Å². The number of aryl methyl sites for hydroxylation is 1. The minimum atomic E-state index is 0.273. The summed E-state index contributed by atoms with van der Waals surface area (Å²) in [7, 11) is 0. The lowest BCUT2D eigenvalue weighted by atomic mass is 10.5. The molecule has 0 bridgehead atoms. The SMILES string of the molecule is CCN(CC)CCS/C(=N/O)c1nc(C)no1. The Balaban J connectivity index is 2.44. The maximum absolute atomic E-state index is 8.89. The summed E-state index contributed by atoms with van der Waals surface area (Å²) in [4.78, 5) is 6.31. The van der Waals surface area contributed by atoms with Gasteiger partial charge >= 0.3 is 0 Å². The van der Waals surface area contributed by atoms with Crippen molar-refractivity contribution in [2.45, 2.75) is 20.8 Å². The number of hydrogen-bond acceptors (Lipinski definition) is 7. The first-order chi connectivity index (χ1) is 8.21. The molecule has 7 heteroatoms. The lowest BCUT2D eigenvalue weighted by molar-refractivity contribution is 0.317. The Morgan fingerprint density at radius 1 is 1.47 bits per heavy atom. The third-order valence-corrected chi connectivity index (χ3v) is 3.26. The Hall–Kier alpha value is -1.08. The predicted octanol–water partition coefficient (Wildman–Crippen LogP) is 1.59. The minimum Gasteiger partial charge on any atom is -0.410 e. The van der Waals surface area contributed by atoms with Crippen molar-refractivity contribution in [3.63, 3.8) is 0 Å². The maximum Gasteiger partial charge on any atom is 0.286 e. The zero-order chi connectivity index (χ0) is 12.7. The van der Waals surface area contributed by atoms with E-state index in [1.807, 2.05) is 0 Å². The molecule has 0 aliphatic carbocycles. The number of hydrogen-bond donors (Lipinski definition) is 1. The molecule has 1 aromatic heterocycles. The predicted molar refractivity (Wildman–Crippen MR) is 67.6 cm³/mol. The van der Waals surface area contributed by atoms with Crippen LogP contribution in [-0.4, -0.2) is 50.7 Å². The molecule has 96 valence electrons. The topological polar surface area (TPSA) is 74.8 Å². The van der Waals surface area contributed by atoms with Crippen LogP contribution >= 0.6 is 11.8 Å². The second-order valence-electron chi connectivity index (χ2n) is 3.43. The molecule has 17 heavy (non-hydrogen) atoms. The van der Waals surface area contributed by atoms with Crippen LogP contribution in [0.25, 0.3) is 0 Å². The van der Waals surface area contributed by atoms with Gasteiger partial charge in [-0.05, 0) is 20.0 Å². The smallest absolute Gasteiger partial charge is 0.286 e. The summed E-state index contributed by atoms with van der Waals surface area (Å²) in [6.45, 7) is 8.93. The van der Waals surface area contributed by atoms with Gasteiger partial charge in [-0.1, -0.05) is 35.9 Å². The summed E-state index contributed by atoms with van der Waals surface area (Å²) in [6, 6.07) is 0. The van der Waals surface area contributed by atoms with Crippen LogP contribution in [0, 0.1) is 6.92 Å². The Morgan fingerprint density at radius 3 is 2.65 bits per heavy atom. The fraction of sp³-hybridized carbons (Fsp3) is 0.700. The van der Waals surface area contributed by atoms with E-state index in [1.165, 1.54) is 11.8 Å². The van der Waals surface area contributed by atoms with E-state index in [-0.39, 0.29) is 5.89 Å². The van der Waals surface area contributed by atoms with E-state index in [4.69, 9.17) is 9.73 Å². The van der Waals surface area contributed by atoms with Crippen LogP contribution < -0.4 is 0 Å². The van der Waals surface area contributed by atoms with Crippen molar-refractivity contribution < 1.29 is 9.73 Å². The summed E-state index contributed by atoms with van der Waals surface area (Å²) in [6.07, 6.45) is 0. The monoisotopic (exact) mass is 258 g/mol. The van der Waals surface area contributed by atoms with Crippen LogP contribution in [0.2, 0.25) is 0 Å². The van der Waals surface area contributed by atoms with Gasteiger partial charge in [0.2, 0.25) is 5.04 Å². The van der Waals surface area contributed by atoms with Crippen LogP contribution in [0.4, 0.5) is 0 Å². The number of nitrogens with zero attached hydrogens (tertiary/aromatic N) is 4. The molecule has 0 saturated heterocycles. The molecule has 0 spiro atoms. The lowest BCUT2D eigenvalue weighted by Gasteiger charge is -2.16. The van der Waals surface area contributed by atoms with E-state index in [1.54, 1.807) is 6.92 Å². The molecule has 0 aliphatic rings. The number of aromatic nitrogens is 2. The van der Waals surface area contributed by atoms with Crippen LogP contribution in [0.5, 0.6) is 0 Å². The van der Waals surface area contributed by atoms with Gasteiger partial charge in [0.15, 0.2) is 5.82 Å². The molecule has 0 unspecified atom stereocenters. The van der Waals surface area contributed by atoms with Crippen molar-refractivity contribution in [2.24, 2.45) is 5.16 Å². The Bertz CT molecular complexity index is 363. The van der Waals surface area contributed by atoms with Crippen molar-refractivity contribution in [1.82, 2.24) is 15.0 Å². The summed E-state index contributed by atoms with van der Waals surface area (Å²) in [5.74, 6) is 1.63. The average molecular weight is 258 g/mol. The fourth-order valence-corrected chi connectivity index (χ4v) is 2.14. The molecule has 0 aromatic carbocycles. The molecule has 6 nitrogen and oxygen atoms in total. The van der Waals surface area contributed by atoms with E-state index < -0.39 is 0 Å². The molecule has 1 rings (SSSR count). The molecule has 0 saturated carbocycles. The largest absolute Gasteiger partial charge is 0.410 e. The first-order valence-electron chi connectivity index (χ1n) is 5.59. The fourth-order valence-electron chi connectivity index (χ4n) is 1.33. The standard InChI is InChI=1S/C10H18N4O2S/c1-4-14(5-2)6-7-17-10(12-15)9-11-8(3)13-16-9/h15H,4-7H2,1-3H3/b12-10+. The average Bonchev–Trinajstić information content (AvgIpc) is 2.76. The van der Waals surface area contributed by atoms with Gasteiger partial charge in [-0.3, -0.25) is 0 Å². The van der Waals surface area contributed by atoms with Crippen molar-refractivity contribution in [2.75, 3.05) is 25.4 Å². The van der Waals surface area contributed by atoms with Gasteiger partial charge in [-0.2, -0.15) is 4.98 Å². The van der Waals surface area contributed by atoms with Crippen molar-refractivity contribution in [3.8, 4) is 0 Å². The Morgan fingerprint density at radius 2 is 2.18 bits per heavy atom. The zero-order valence-corrected chi connectivity index (χ0v) is 11.2. The number of rotatable bonds is 6. The number of thioether (sulfide) groups is 1. The summed E-state index contributed by atoms with van der Waals surface area (Å²) < 4.78 is 4.94. The van der Waals surface area contributed by atoms with E-state index in [0.29, 0.717) is 10.9 Å². The van der Waals surface area contributed by atoms with Crippen LogP contribution in [0.3, 0.4) is 0 Å². The van der Waals surface area contributed by atoms with Crippen molar-refractivity contribution in [3.05, 3.63) is 11.7 Å². The van der Waals surface area contributed by atoms with E-state index in [2.05, 4.69) is 34.0 Å². The van der Waals surface area contributed by atoms with Crippen LogP contribution in [0.15, 0.2) is 9.68 Å². The molecule has 0 aliphatic heterocycles. The van der Waals surface area contributed by atoms with Gasteiger partial charge in [0.25, 0.3) is 5.89 Å². The minimum absolute atomic E-state index is 0.273. The third kappa shape index (κ3) is 4.35. The Labute approximate surface area is 105 Å². The van der Waals surface area contributed by atoms with E-state index in [0.717, 1.165) is 25.4 Å². The van der Waals surface area contributed by atoms with Gasteiger partial charge in [0, 0.05) is 12.3 Å². The van der Waals surface area contributed by atoms with E-state index in [9.17, 15) is 0 Å². The third-order valence-electron chi connectivity index (χ3n) is 2.34. The second kappa shape index (κ2) is 7.29. The second-order valence-corrected chi connectivity index (χ2v) is 4.51. The molecule has 0 atom stereocenters. The highest BCUT2D eigenvalue weighted by atomic mass is 32.2. The van der Waals surface area contributed by atoms with Gasteiger partial charge in [0.05, 0.1) is 0 Å². The van der Waals surface area contributed by atoms with Crippen LogP contribution in [-0.2, 0) is 0 Å². The van der Waals surface area contributed by atoms with Gasteiger partial charge in [-0.15, -0.1) is 0 Å². The summed E-state index contributed by atoms with van der Waals surface area (Å²) >= 11 is 1.41. The van der Waals surface area contributed by atoms with Gasteiger partial charge in [0.1, 0.15) is 0 Å². The quantitative estimate of drug-likeness (QED) is 0.361. The molecule has 1 aromatic rings. The molecular formula is C10H18N4O2S. The van der Waals surface area contributed by atoms with Crippen molar-refractivity contribution >= 4 is 16.8 Å². The van der Waals surface area contributed by atoms with E-state index >= 15 is 0 Å². The Kier molecular flexibility index (Phi) is 5.99. The maximum atomic E-state index is 8.89. The highest BCUT2D eigenvalue weighted by Crippen LogP contribution is 2.12. The first kappa shape index (κ1) is 14.0. The van der Waals surface area contributed by atoms with Crippen molar-refractivity contribution in [1.29, 1.82) is 0 Å². The molecule has 1 N–H and O–H groups in total. The molecule has 0 fully saturated rings. The number of oxime groups is 1. The van der Waals surface area contributed by atoms with Gasteiger partial charge < -0.3 is 14.6 Å². The lowest BCUT2D eigenvalue weighted by Crippen LogP contribution is -2.25. The molecular weight excluding hydrogens is 240 g/mol. The summed E-state index contributed by atoms with van der Waals surface area (Å²) in [5.41, 5.74) is 0. The molecule has 0 radical (unpaired) electrons. The highest BCUT2D eigenvalue weighted by molar-refractivity contribution is 8.14.